The lowest BCUT2D eigenvalue weighted by Gasteiger charge is -2.12. The van der Waals surface area contributed by atoms with Crippen LogP contribution in [0.2, 0.25) is 0 Å². The molecule has 0 saturated heterocycles. The Kier molecular flexibility index (Phi) is 9.95. The van der Waals surface area contributed by atoms with Gasteiger partial charge in [0, 0.05) is 32.7 Å². The number of rotatable bonds is 9. The van der Waals surface area contributed by atoms with Crippen molar-refractivity contribution >= 4 is 23.6 Å². The van der Waals surface area contributed by atoms with Crippen LogP contribution in [0, 0.1) is 0 Å². The Labute approximate surface area is 143 Å². The molecule has 128 valence electrons. The Morgan fingerprint density at radius 1 is 1.22 bits per heavy atom. The van der Waals surface area contributed by atoms with Gasteiger partial charge in [0.1, 0.15) is 0 Å². The molecule has 0 bridgehead atoms. The van der Waals surface area contributed by atoms with Crippen LogP contribution in [0.5, 0.6) is 0 Å². The van der Waals surface area contributed by atoms with Gasteiger partial charge in [0.25, 0.3) is 5.91 Å². The molecule has 0 spiro atoms. The predicted molar refractivity (Wildman–Crippen MR) is 101 cm³/mol. The molecule has 1 amide bonds. The first-order chi connectivity index (χ1) is 11.2. The third-order valence-electron chi connectivity index (χ3n) is 3.41. The van der Waals surface area contributed by atoms with Gasteiger partial charge in [0.15, 0.2) is 5.96 Å². The van der Waals surface area contributed by atoms with Crippen molar-refractivity contribution in [3.63, 3.8) is 0 Å². The lowest BCUT2D eigenvalue weighted by Crippen LogP contribution is -2.38. The van der Waals surface area contributed by atoms with Gasteiger partial charge in [-0.15, -0.1) is 0 Å². The van der Waals surface area contributed by atoms with Crippen molar-refractivity contribution < 1.29 is 4.79 Å². The molecule has 1 aromatic carbocycles. The molecule has 1 rings (SSSR count). The standard InChI is InChI=1S/C17H28N4OS/c1-18-16(22)15-8-6-7-14(13-15)9-11-21-17(19-2)20-10-4-5-12-23-3/h6-8,13H,4-5,9-12H2,1-3H3,(H,18,22)(H2,19,20,21). The maximum atomic E-state index is 11.6. The van der Waals surface area contributed by atoms with Crippen LogP contribution >= 0.6 is 11.8 Å². The average molecular weight is 337 g/mol. The Bertz CT molecular complexity index is 505. The summed E-state index contributed by atoms with van der Waals surface area (Å²) in [7, 11) is 3.43. The number of nitrogens with one attached hydrogen (secondary N) is 3. The fraction of sp³-hybridized carbons (Fsp3) is 0.529. The van der Waals surface area contributed by atoms with E-state index in [4.69, 9.17) is 0 Å². The number of hydrogen-bond donors (Lipinski definition) is 3. The number of amides is 1. The summed E-state index contributed by atoms with van der Waals surface area (Å²) in [5.41, 5.74) is 1.83. The molecule has 1 aromatic rings. The van der Waals surface area contributed by atoms with E-state index in [2.05, 4.69) is 27.2 Å². The minimum atomic E-state index is -0.0532. The molecule has 0 saturated carbocycles. The second-order valence-corrected chi connectivity index (χ2v) is 6.14. The molecule has 0 aliphatic rings. The molecule has 0 unspecified atom stereocenters. The Morgan fingerprint density at radius 3 is 2.70 bits per heavy atom. The molecule has 0 fully saturated rings. The van der Waals surface area contributed by atoms with E-state index in [1.807, 2.05) is 36.0 Å². The number of carbonyl (C=O) groups excluding carboxylic acids is 1. The van der Waals surface area contributed by atoms with E-state index in [1.165, 1.54) is 12.2 Å². The lowest BCUT2D eigenvalue weighted by molar-refractivity contribution is 0.0963. The van der Waals surface area contributed by atoms with Crippen LogP contribution in [0.4, 0.5) is 0 Å². The molecule has 23 heavy (non-hydrogen) atoms. The Morgan fingerprint density at radius 2 is 2.00 bits per heavy atom. The van der Waals surface area contributed by atoms with Crippen molar-refractivity contribution in [2.45, 2.75) is 19.3 Å². The van der Waals surface area contributed by atoms with Gasteiger partial charge >= 0.3 is 0 Å². The van der Waals surface area contributed by atoms with Gasteiger partial charge in [0.05, 0.1) is 0 Å². The van der Waals surface area contributed by atoms with E-state index in [0.29, 0.717) is 5.56 Å². The summed E-state index contributed by atoms with van der Waals surface area (Å²) in [6.07, 6.45) is 5.35. The van der Waals surface area contributed by atoms with Crippen LogP contribution in [-0.4, -0.2) is 51.1 Å². The monoisotopic (exact) mass is 336 g/mol. The van der Waals surface area contributed by atoms with Gasteiger partial charge in [0.2, 0.25) is 0 Å². The smallest absolute Gasteiger partial charge is 0.251 e. The van der Waals surface area contributed by atoms with E-state index in [0.717, 1.165) is 37.5 Å². The van der Waals surface area contributed by atoms with Crippen molar-refractivity contribution in [1.82, 2.24) is 16.0 Å². The highest BCUT2D eigenvalue weighted by atomic mass is 32.2. The zero-order valence-corrected chi connectivity index (χ0v) is 15.1. The third-order valence-corrected chi connectivity index (χ3v) is 4.11. The highest BCUT2D eigenvalue weighted by molar-refractivity contribution is 7.98. The first-order valence-corrected chi connectivity index (χ1v) is 9.35. The molecule has 5 nitrogen and oxygen atoms in total. The number of hydrogen-bond acceptors (Lipinski definition) is 3. The minimum Gasteiger partial charge on any atom is -0.356 e. The first kappa shape index (κ1) is 19.4. The van der Waals surface area contributed by atoms with Gasteiger partial charge in [-0.1, -0.05) is 12.1 Å². The second-order valence-electron chi connectivity index (χ2n) is 5.16. The molecule has 0 aliphatic carbocycles. The minimum absolute atomic E-state index is 0.0532. The molecule has 0 radical (unpaired) electrons. The van der Waals surface area contributed by atoms with Gasteiger partial charge < -0.3 is 16.0 Å². The van der Waals surface area contributed by atoms with Crippen LogP contribution in [0.25, 0.3) is 0 Å². The highest BCUT2D eigenvalue weighted by Crippen LogP contribution is 2.05. The van der Waals surface area contributed by atoms with Crippen molar-refractivity contribution in [2.75, 3.05) is 39.2 Å². The van der Waals surface area contributed by atoms with E-state index in [1.54, 1.807) is 14.1 Å². The third kappa shape index (κ3) is 7.93. The highest BCUT2D eigenvalue weighted by Gasteiger charge is 2.04. The second kappa shape index (κ2) is 11.8. The largest absolute Gasteiger partial charge is 0.356 e. The van der Waals surface area contributed by atoms with Crippen molar-refractivity contribution in [1.29, 1.82) is 0 Å². The van der Waals surface area contributed by atoms with E-state index in [-0.39, 0.29) is 5.91 Å². The maximum absolute atomic E-state index is 11.6. The number of guanidine groups is 1. The zero-order valence-electron chi connectivity index (χ0n) is 14.3. The Hall–Kier alpha value is -1.69. The quantitative estimate of drug-likeness (QED) is 0.366. The van der Waals surface area contributed by atoms with E-state index in [9.17, 15) is 4.79 Å². The van der Waals surface area contributed by atoms with Crippen LogP contribution in [-0.2, 0) is 6.42 Å². The Balaban J connectivity index is 2.33. The van der Waals surface area contributed by atoms with Crippen LogP contribution in [0.1, 0.15) is 28.8 Å². The van der Waals surface area contributed by atoms with Gasteiger partial charge in [-0.05, 0) is 49.0 Å². The topological polar surface area (TPSA) is 65.5 Å². The van der Waals surface area contributed by atoms with Crippen molar-refractivity contribution in [2.24, 2.45) is 4.99 Å². The number of unbranched alkanes of at least 4 members (excludes halogenated alkanes) is 1. The molecule has 0 heterocycles. The van der Waals surface area contributed by atoms with Gasteiger partial charge in [-0.25, -0.2) is 0 Å². The van der Waals surface area contributed by atoms with Gasteiger partial charge in [-0.2, -0.15) is 11.8 Å². The molecular formula is C17H28N4OS. The van der Waals surface area contributed by atoms with Crippen LogP contribution in [0.3, 0.4) is 0 Å². The summed E-state index contributed by atoms with van der Waals surface area (Å²) in [4.78, 5) is 15.9. The summed E-state index contributed by atoms with van der Waals surface area (Å²) in [5, 5.41) is 9.27. The normalized spacial score (nSPS) is 11.2. The summed E-state index contributed by atoms with van der Waals surface area (Å²) in [5.74, 6) is 1.98. The summed E-state index contributed by atoms with van der Waals surface area (Å²) >= 11 is 1.88. The zero-order chi connectivity index (χ0) is 16.9. The first-order valence-electron chi connectivity index (χ1n) is 7.95. The van der Waals surface area contributed by atoms with Gasteiger partial charge in [-0.3, -0.25) is 9.79 Å². The van der Waals surface area contributed by atoms with Crippen LogP contribution < -0.4 is 16.0 Å². The van der Waals surface area contributed by atoms with Crippen LogP contribution in [0.15, 0.2) is 29.3 Å². The molecule has 0 atom stereocenters. The number of nitrogens with zero attached hydrogens (tertiary/aromatic N) is 1. The fourth-order valence-corrected chi connectivity index (χ4v) is 2.63. The summed E-state index contributed by atoms with van der Waals surface area (Å²) < 4.78 is 0. The lowest BCUT2D eigenvalue weighted by atomic mass is 10.1. The number of aliphatic imine (C=N–C) groups is 1. The molecule has 0 aromatic heterocycles. The fourth-order valence-electron chi connectivity index (χ4n) is 2.14. The number of carbonyl (C=O) groups is 1. The summed E-state index contributed by atoms with van der Waals surface area (Å²) in [6, 6.07) is 7.70. The van der Waals surface area contributed by atoms with E-state index >= 15 is 0 Å². The molecule has 0 aliphatic heterocycles. The van der Waals surface area contributed by atoms with Crippen molar-refractivity contribution in [3.05, 3.63) is 35.4 Å². The molecule has 6 heteroatoms. The van der Waals surface area contributed by atoms with Crippen molar-refractivity contribution in [3.8, 4) is 0 Å². The predicted octanol–water partition coefficient (Wildman–Crippen LogP) is 1.90. The summed E-state index contributed by atoms with van der Waals surface area (Å²) in [6.45, 7) is 1.72. The molecular weight excluding hydrogens is 308 g/mol. The SMILES string of the molecule is CN=C(NCCCCSC)NCCc1cccc(C(=O)NC)c1. The maximum Gasteiger partial charge on any atom is 0.251 e. The number of benzene rings is 1. The molecule has 3 N–H and O–H groups in total. The average Bonchev–Trinajstić information content (AvgIpc) is 2.59. The number of thioether (sulfide) groups is 1. The van der Waals surface area contributed by atoms with E-state index < -0.39 is 0 Å².